The molecule has 0 saturated carbocycles. The lowest BCUT2D eigenvalue weighted by atomic mass is 10.1. The van der Waals surface area contributed by atoms with Gasteiger partial charge in [0, 0.05) is 22.8 Å². The molecule has 1 nitrogen and oxygen atoms in total. The third-order valence-electron chi connectivity index (χ3n) is 3.36. The number of aromatic nitrogens is 1. The number of fused-ring (bicyclic) bond motifs is 4. The van der Waals surface area contributed by atoms with E-state index in [1.165, 1.54) is 42.1 Å². The highest BCUT2D eigenvalue weighted by molar-refractivity contribution is 5.84. The largest absolute Gasteiger partial charge is 0.257 e. The van der Waals surface area contributed by atoms with Crippen molar-refractivity contribution in [2.75, 3.05) is 0 Å². The van der Waals surface area contributed by atoms with E-state index in [2.05, 4.69) is 30.3 Å². The molecular weight excluding hydrogens is 194 g/mol. The van der Waals surface area contributed by atoms with Gasteiger partial charge in [0.15, 0.2) is 0 Å². The quantitative estimate of drug-likeness (QED) is 0.646. The topological polar surface area (TPSA) is 12.9 Å². The van der Waals surface area contributed by atoms with Crippen LogP contribution in [0, 0.1) is 6.07 Å². The molecule has 1 aliphatic rings. The number of hydrogen-bond donors (Lipinski definition) is 0. The summed E-state index contributed by atoms with van der Waals surface area (Å²) in [5.41, 5.74) is 2.45. The Bertz CT molecular complexity index is 502. The second-order valence-electron chi connectivity index (χ2n) is 4.59. The summed E-state index contributed by atoms with van der Waals surface area (Å²) in [4.78, 5) is 4.76. The Labute approximate surface area is 96.5 Å². The number of pyridine rings is 1. The second kappa shape index (κ2) is 4.25. The molecule has 0 fully saturated rings. The summed E-state index contributed by atoms with van der Waals surface area (Å²) in [6.07, 6.45) is 7.44. The Morgan fingerprint density at radius 3 is 2.69 bits per heavy atom. The van der Waals surface area contributed by atoms with E-state index >= 15 is 0 Å². The predicted octanol–water partition coefficient (Wildman–Crippen LogP) is 3.69. The number of nitrogens with zero attached hydrogens (tertiary/aromatic N) is 1. The van der Waals surface area contributed by atoms with Crippen molar-refractivity contribution in [2.45, 2.75) is 38.5 Å². The smallest absolute Gasteiger partial charge is 0.0492 e. The van der Waals surface area contributed by atoms with Crippen LogP contribution in [0.15, 0.2) is 24.3 Å². The van der Waals surface area contributed by atoms with Gasteiger partial charge in [0.2, 0.25) is 0 Å². The van der Waals surface area contributed by atoms with Gasteiger partial charge in [-0.25, -0.2) is 0 Å². The monoisotopic (exact) mass is 210 g/mol. The molecular formula is C15H16N. The van der Waals surface area contributed by atoms with E-state index in [-0.39, 0.29) is 0 Å². The molecule has 1 radical (unpaired) electrons. The minimum atomic E-state index is 1.10. The summed E-state index contributed by atoms with van der Waals surface area (Å²) in [5.74, 6) is 0. The average Bonchev–Trinajstić information content (AvgIpc) is 2.41. The van der Waals surface area contributed by atoms with Crippen molar-refractivity contribution in [2.24, 2.45) is 0 Å². The summed E-state index contributed by atoms with van der Waals surface area (Å²) in [6, 6.07) is 12.0. The van der Waals surface area contributed by atoms with E-state index in [0.29, 0.717) is 0 Å². The van der Waals surface area contributed by atoms with Gasteiger partial charge in [-0.2, -0.15) is 0 Å². The van der Waals surface area contributed by atoms with Crippen LogP contribution in [0.4, 0.5) is 0 Å². The summed E-state index contributed by atoms with van der Waals surface area (Å²) >= 11 is 0. The fourth-order valence-corrected chi connectivity index (χ4v) is 2.50. The maximum atomic E-state index is 4.76. The molecule has 1 aromatic heterocycles. The van der Waals surface area contributed by atoms with E-state index in [1.54, 1.807) is 0 Å². The molecule has 16 heavy (non-hydrogen) atoms. The van der Waals surface area contributed by atoms with E-state index in [4.69, 9.17) is 4.98 Å². The van der Waals surface area contributed by atoms with Gasteiger partial charge in [0.05, 0.1) is 0 Å². The number of aryl methyl sites for hydroxylation is 2. The maximum absolute atomic E-state index is 4.76. The highest BCUT2D eigenvalue weighted by Crippen LogP contribution is 2.22. The van der Waals surface area contributed by atoms with Gasteiger partial charge in [0.25, 0.3) is 0 Å². The summed E-state index contributed by atoms with van der Waals surface area (Å²) < 4.78 is 0. The van der Waals surface area contributed by atoms with Gasteiger partial charge in [-0.1, -0.05) is 37.1 Å². The van der Waals surface area contributed by atoms with E-state index in [1.807, 2.05) is 0 Å². The minimum Gasteiger partial charge on any atom is -0.257 e. The van der Waals surface area contributed by atoms with Crippen molar-refractivity contribution in [3.8, 4) is 0 Å². The zero-order valence-electron chi connectivity index (χ0n) is 9.50. The molecule has 0 aliphatic carbocycles. The van der Waals surface area contributed by atoms with Gasteiger partial charge in [-0.05, 0) is 31.1 Å². The van der Waals surface area contributed by atoms with E-state index in [0.717, 1.165) is 18.5 Å². The van der Waals surface area contributed by atoms with E-state index in [9.17, 15) is 0 Å². The SMILES string of the molecule is [c]1c2nc(c3ccccc13)CCCCCC2. The lowest BCUT2D eigenvalue weighted by Crippen LogP contribution is -1.96. The molecule has 2 heterocycles. The molecule has 1 aromatic carbocycles. The molecule has 0 unspecified atom stereocenters. The van der Waals surface area contributed by atoms with Crippen molar-refractivity contribution < 1.29 is 0 Å². The van der Waals surface area contributed by atoms with Crippen molar-refractivity contribution in [3.63, 3.8) is 0 Å². The number of rotatable bonds is 0. The highest BCUT2D eigenvalue weighted by Gasteiger charge is 2.08. The van der Waals surface area contributed by atoms with Crippen molar-refractivity contribution in [1.29, 1.82) is 0 Å². The first-order chi connectivity index (χ1) is 7.93. The second-order valence-corrected chi connectivity index (χ2v) is 4.59. The van der Waals surface area contributed by atoms with Crippen LogP contribution in [0.5, 0.6) is 0 Å². The molecule has 3 rings (SSSR count). The fourth-order valence-electron chi connectivity index (χ4n) is 2.50. The molecule has 0 amide bonds. The van der Waals surface area contributed by atoms with Crippen LogP contribution in [0.25, 0.3) is 10.8 Å². The molecule has 2 bridgehead atoms. The van der Waals surface area contributed by atoms with Crippen molar-refractivity contribution in [1.82, 2.24) is 4.98 Å². The molecule has 0 N–H and O–H groups in total. The third-order valence-corrected chi connectivity index (χ3v) is 3.36. The zero-order valence-corrected chi connectivity index (χ0v) is 9.50. The molecule has 81 valence electrons. The molecule has 0 atom stereocenters. The maximum Gasteiger partial charge on any atom is 0.0492 e. The molecule has 1 aliphatic heterocycles. The Balaban J connectivity index is 2.17. The van der Waals surface area contributed by atoms with Crippen LogP contribution in [0.2, 0.25) is 0 Å². The lowest BCUT2D eigenvalue weighted by Gasteiger charge is -2.06. The molecule has 0 spiro atoms. The predicted molar refractivity (Wildman–Crippen MR) is 66.5 cm³/mol. The minimum absolute atomic E-state index is 1.10. The van der Waals surface area contributed by atoms with Gasteiger partial charge in [-0.15, -0.1) is 0 Å². The van der Waals surface area contributed by atoms with Crippen molar-refractivity contribution >= 4 is 10.8 Å². The third kappa shape index (κ3) is 1.82. The first kappa shape index (κ1) is 9.83. The normalized spacial score (nSPS) is 16.5. The van der Waals surface area contributed by atoms with Gasteiger partial charge in [-0.3, -0.25) is 4.98 Å². The summed E-state index contributed by atoms with van der Waals surface area (Å²) in [6.45, 7) is 0. The fraction of sp³-hybridized carbons (Fsp3) is 0.400. The van der Waals surface area contributed by atoms with Crippen LogP contribution in [-0.4, -0.2) is 4.98 Å². The number of benzene rings is 1. The summed E-state index contributed by atoms with van der Waals surface area (Å²) in [7, 11) is 0. The summed E-state index contributed by atoms with van der Waals surface area (Å²) in [5, 5.41) is 2.54. The van der Waals surface area contributed by atoms with E-state index < -0.39 is 0 Å². The Morgan fingerprint density at radius 1 is 0.938 bits per heavy atom. The lowest BCUT2D eigenvalue weighted by molar-refractivity contribution is 0.649. The molecule has 0 saturated heterocycles. The van der Waals surface area contributed by atoms with Crippen LogP contribution < -0.4 is 0 Å². The van der Waals surface area contributed by atoms with Crippen LogP contribution >= 0.6 is 0 Å². The van der Waals surface area contributed by atoms with Gasteiger partial charge in [0.1, 0.15) is 0 Å². The van der Waals surface area contributed by atoms with Crippen LogP contribution in [-0.2, 0) is 12.8 Å². The standard InChI is InChI=1S/C15H16N/c1-2-4-10-15-14-9-6-5-7-12(14)11-13(16-15)8-3-1/h5-7,9H,1-4,8,10H2. The average molecular weight is 210 g/mol. The van der Waals surface area contributed by atoms with Crippen LogP contribution in [0.3, 0.4) is 0 Å². The van der Waals surface area contributed by atoms with Gasteiger partial charge < -0.3 is 0 Å². The molecule has 1 heteroatoms. The van der Waals surface area contributed by atoms with Gasteiger partial charge >= 0.3 is 0 Å². The van der Waals surface area contributed by atoms with Crippen molar-refractivity contribution in [3.05, 3.63) is 41.7 Å². The Kier molecular flexibility index (Phi) is 2.61. The Hall–Kier alpha value is -1.37. The van der Waals surface area contributed by atoms with Crippen LogP contribution in [0.1, 0.15) is 37.1 Å². The zero-order chi connectivity index (χ0) is 10.8. The Morgan fingerprint density at radius 2 is 1.75 bits per heavy atom. The first-order valence-corrected chi connectivity index (χ1v) is 6.23. The molecule has 2 aromatic rings. The first-order valence-electron chi connectivity index (χ1n) is 6.23. The highest BCUT2D eigenvalue weighted by atomic mass is 14.7. The number of hydrogen-bond acceptors (Lipinski definition) is 1.